The second-order valence-electron chi connectivity index (χ2n) is 7.17. The molecule has 0 aliphatic carbocycles. The molecule has 0 aromatic heterocycles. The number of sulfone groups is 1. The van der Waals surface area contributed by atoms with E-state index >= 15 is 0 Å². The van der Waals surface area contributed by atoms with Crippen LogP contribution in [0.25, 0.3) is 0 Å². The molecule has 0 bridgehead atoms. The Bertz CT molecular complexity index is 1050. The Labute approximate surface area is 164 Å². The molecule has 0 saturated carbocycles. The highest BCUT2D eigenvalue weighted by atomic mass is 32.2. The number of urea groups is 1. The van der Waals surface area contributed by atoms with Gasteiger partial charge < -0.3 is 4.90 Å². The van der Waals surface area contributed by atoms with Crippen molar-refractivity contribution in [2.75, 3.05) is 16.4 Å². The number of halogens is 4. The van der Waals surface area contributed by atoms with E-state index in [4.69, 9.17) is 0 Å². The Kier molecular flexibility index (Phi) is 4.56. The number of benzene rings is 2. The number of carbonyl (C=O) groups is 1. The third-order valence-corrected chi connectivity index (χ3v) is 6.89. The predicted octanol–water partition coefficient (Wildman–Crippen LogP) is 3.45. The molecule has 5 nitrogen and oxygen atoms in total. The quantitative estimate of drug-likeness (QED) is 0.556. The van der Waals surface area contributed by atoms with E-state index in [9.17, 15) is 30.8 Å². The number of rotatable bonds is 3. The topological polar surface area (TPSA) is 57.7 Å². The van der Waals surface area contributed by atoms with Crippen molar-refractivity contribution in [2.24, 2.45) is 0 Å². The lowest BCUT2D eigenvalue weighted by atomic mass is 10.1. The first kappa shape index (κ1) is 19.7. The van der Waals surface area contributed by atoms with Gasteiger partial charge in [-0.05, 0) is 42.0 Å². The highest BCUT2D eigenvalue weighted by molar-refractivity contribution is 7.91. The Morgan fingerprint density at radius 1 is 1.00 bits per heavy atom. The predicted molar refractivity (Wildman–Crippen MR) is 97.5 cm³/mol. The molecular formula is C19H16F4N2O3S. The minimum Gasteiger partial charge on any atom is -0.314 e. The number of fused-ring (bicyclic) bond motifs is 1. The molecule has 0 spiro atoms. The number of amides is 2. The zero-order valence-corrected chi connectivity index (χ0v) is 15.8. The van der Waals surface area contributed by atoms with Crippen molar-refractivity contribution in [2.45, 2.75) is 24.8 Å². The summed E-state index contributed by atoms with van der Waals surface area (Å²) in [5.41, 5.74) is -0.250. The number of hydrogen-bond acceptors (Lipinski definition) is 3. The maximum Gasteiger partial charge on any atom is 0.416 e. The molecule has 154 valence electrons. The SMILES string of the molecule is O=C1N(Cc2cccc(C(F)(F)F)c2)[C@@H]2CS(=O)(=O)C[C@H]2N1c1ccc(F)cc1. The average molecular weight is 428 g/mol. The first-order valence-electron chi connectivity index (χ1n) is 8.77. The summed E-state index contributed by atoms with van der Waals surface area (Å²) in [6.07, 6.45) is -4.52. The lowest BCUT2D eigenvalue weighted by Crippen LogP contribution is -2.37. The number of hydrogen-bond donors (Lipinski definition) is 0. The van der Waals surface area contributed by atoms with Crippen LogP contribution in [0, 0.1) is 5.82 Å². The standard InChI is InChI=1S/C19H16F4N2O3S/c20-14-4-6-15(7-5-14)25-17-11-29(27,28)10-16(17)24(18(25)26)9-12-2-1-3-13(8-12)19(21,22)23/h1-8,16-17H,9-11H2/t16-,17-/m1/s1. The first-order valence-corrected chi connectivity index (χ1v) is 10.6. The Balaban J connectivity index is 1.68. The van der Waals surface area contributed by atoms with Crippen molar-refractivity contribution in [3.63, 3.8) is 0 Å². The summed E-state index contributed by atoms with van der Waals surface area (Å²) < 4.78 is 76.6. The van der Waals surface area contributed by atoms with Crippen molar-refractivity contribution in [3.05, 3.63) is 65.5 Å². The van der Waals surface area contributed by atoms with Gasteiger partial charge in [0.05, 0.1) is 29.2 Å². The van der Waals surface area contributed by atoms with Gasteiger partial charge in [-0.1, -0.05) is 12.1 Å². The lowest BCUT2D eigenvalue weighted by molar-refractivity contribution is -0.137. The van der Waals surface area contributed by atoms with Crippen molar-refractivity contribution < 1.29 is 30.8 Å². The molecule has 2 amide bonds. The second kappa shape index (κ2) is 6.72. The van der Waals surface area contributed by atoms with Gasteiger partial charge in [-0.25, -0.2) is 17.6 Å². The molecule has 2 aliphatic heterocycles. The molecule has 29 heavy (non-hydrogen) atoms. The van der Waals surface area contributed by atoms with E-state index in [-0.39, 0.29) is 23.6 Å². The van der Waals surface area contributed by atoms with Crippen molar-refractivity contribution in [3.8, 4) is 0 Å². The molecule has 2 atom stereocenters. The van der Waals surface area contributed by atoms with Crippen LogP contribution in [0.4, 0.5) is 28.0 Å². The number of alkyl halides is 3. The summed E-state index contributed by atoms with van der Waals surface area (Å²) in [4.78, 5) is 15.6. The molecule has 4 rings (SSSR count). The van der Waals surface area contributed by atoms with Gasteiger partial charge in [0.1, 0.15) is 5.82 Å². The van der Waals surface area contributed by atoms with Crippen LogP contribution < -0.4 is 4.90 Å². The molecule has 10 heteroatoms. The summed E-state index contributed by atoms with van der Waals surface area (Å²) in [5.74, 6) is -1.02. The van der Waals surface area contributed by atoms with Crippen LogP contribution in [-0.4, -0.2) is 42.9 Å². The summed E-state index contributed by atoms with van der Waals surface area (Å²) in [5, 5.41) is 0. The van der Waals surface area contributed by atoms with E-state index in [2.05, 4.69) is 0 Å². The van der Waals surface area contributed by atoms with Crippen LogP contribution in [0.1, 0.15) is 11.1 Å². The van der Waals surface area contributed by atoms with Crippen LogP contribution in [0.3, 0.4) is 0 Å². The molecule has 2 aromatic rings. The zero-order valence-electron chi connectivity index (χ0n) is 14.9. The normalized spacial score (nSPS) is 23.5. The number of nitrogens with zero attached hydrogens (tertiary/aromatic N) is 2. The van der Waals surface area contributed by atoms with Crippen LogP contribution >= 0.6 is 0 Å². The highest BCUT2D eigenvalue weighted by Crippen LogP contribution is 2.36. The van der Waals surface area contributed by atoms with Crippen molar-refractivity contribution in [1.82, 2.24) is 4.90 Å². The first-order chi connectivity index (χ1) is 13.5. The molecule has 2 aromatic carbocycles. The highest BCUT2D eigenvalue weighted by Gasteiger charge is 2.53. The van der Waals surface area contributed by atoms with Crippen molar-refractivity contribution >= 4 is 21.6 Å². The third kappa shape index (κ3) is 3.68. The lowest BCUT2D eigenvalue weighted by Gasteiger charge is -2.23. The summed E-state index contributed by atoms with van der Waals surface area (Å²) in [6, 6.07) is 7.80. The van der Waals surface area contributed by atoms with Crippen molar-refractivity contribution in [1.29, 1.82) is 0 Å². The van der Waals surface area contributed by atoms with E-state index in [1.54, 1.807) is 0 Å². The van der Waals surface area contributed by atoms with E-state index in [1.807, 2.05) is 0 Å². The molecular weight excluding hydrogens is 412 g/mol. The molecule has 2 saturated heterocycles. The minimum atomic E-state index is -4.52. The van der Waals surface area contributed by atoms with Gasteiger partial charge in [0, 0.05) is 12.2 Å². The Hall–Kier alpha value is -2.62. The minimum absolute atomic E-state index is 0.156. The van der Waals surface area contributed by atoms with Gasteiger partial charge in [0.15, 0.2) is 9.84 Å². The van der Waals surface area contributed by atoms with E-state index in [1.165, 1.54) is 34.1 Å². The monoisotopic (exact) mass is 428 g/mol. The van der Waals surface area contributed by atoms with Crippen LogP contribution in [0.15, 0.2) is 48.5 Å². The van der Waals surface area contributed by atoms with E-state index in [0.717, 1.165) is 24.3 Å². The fourth-order valence-electron chi connectivity index (χ4n) is 3.91. The molecule has 2 fully saturated rings. The smallest absolute Gasteiger partial charge is 0.314 e. The van der Waals surface area contributed by atoms with E-state index < -0.39 is 45.5 Å². The summed E-state index contributed by atoms with van der Waals surface area (Å²) in [7, 11) is -3.42. The largest absolute Gasteiger partial charge is 0.416 e. The molecule has 0 radical (unpaired) electrons. The van der Waals surface area contributed by atoms with Gasteiger partial charge >= 0.3 is 12.2 Å². The second-order valence-corrected chi connectivity index (χ2v) is 9.32. The molecule has 2 heterocycles. The van der Waals surface area contributed by atoms with Crippen LogP contribution in [0.2, 0.25) is 0 Å². The number of carbonyl (C=O) groups excluding carboxylic acids is 1. The zero-order chi connectivity index (χ0) is 21.0. The van der Waals surface area contributed by atoms with Crippen LogP contribution in [0.5, 0.6) is 0 Å². The summed E-state index contributed by atoms with van der Waals surface area (Å²) in [6.45, 7) is -0.156. The maximum atomic E-state index is 13.3. The van der Waals surface area contributed by atoms with Gasteiger partial charge in [-0.15, -0.1) is 0 Å². The average Bonchev–Trinajstić information content (AvgIpc) is 3.06. The third-order valence-electron chi connectivity index (χ3n) is 5.19. The van der Waals surface area contributed by atoms with Crippen LogP contribution in [-0.2, 0) is 22.6 Å². The fraction of sp³-hybridized carbons (Fsp3) is 0.316. The van der Waals surface area contributed by atoms with Gasteiger partial charge in [0.25, 0.3) is 0 Å². The number of anilines is 1. The van der Waals surface area contributed by atoms with Gasteiger partial charge in [0.2, 0.25) is 0 Å². The summed E-state index contributed by atoms with van der Waals surface area (Å²) >= 11 is 0. The molecule has 2 aliphatic rings. The fourth-order valence-corrected chi connectivity index (χ4v) is 5.86. The molecule has 0 N–H and O–H groups in total. The maximum absolute atomic E-state index is 13.3. The van der Waals surface area contributed by atoms with Gasteiger partial charge in [-0.2, -0.15) is 13.2 Å². The Morgan fingerprint density at radius 3 is 2.31 bits per heavy atom. The van der Waals surface area contributed by atoms with E-state index in [0.29, 0.717) is 5.69 Å². The Morgan fingerprint density at radius 2 is 1.66 bits per heavy atom. The molecule has 0 unspecified atom stereocenters. The van der Waals surface area contributed by atoms with Gasteiger partial charge in [-0.3, -0.25) is 4.90 Å².